The Hall–Kier alpha value is 0.400. The van der Waals surface area contributed by atoms with E-state index >= 15 is 0 Å². The van der Waals surface area contributed by atoms with E-state index in [9.17, 15) is 0 Å². The number of hydrogen-bond donors (Lipinski definition) is 0. The third-order valence-electron chi connectivity index (χ3n) is 2.61. The van der Waals surface area contributed by atoms with Crippen LogP contribution in [0.15, 0.2) is 0 Å². The van der Waals surface area contributed by atoms with Gasteiger partial charge in [0, 0.05) is 19.0 Å². The molecular weight excluding hydrogens is 230 g/mol. The van der Waals surface area contributed by atoms with Gasteiger partial charge in [-0.25, -0.2) is 0 Å². The minimum Gasteiger partial charge on any atom is -0.384 e. The molecule has 1 saturated heterocycles. The molecule has 0 radical (unpaired) electrons. The van der Waals surface area contributed by atoms with Gasteiger partial charge in [0.2, 0.25) is 0 Å². The number of nitrogens with zero attached hydrogens (tertiary/aromatic N) is 1. The predicted octanol–water partition coefficient (Wildman–Crippen LogP) is 2.13. The lowest BCUT2D eigenvalue weighted by Crippen LogP contribution is -2.37. The molecule has 1 unspecified atom stereocenters. The Morgan fingerprint density at radius 3 is 3.08 bits per heavy atom. The largest absolute Gasteiger partial charge is 0.384 e. The Morgan fingerprint density at radius 1 is 1.54 bits per heavy atom. The highest BCUT2D eigenvalue weighted by Gasteiger charge is 2.18. The molecule has 0 aromatic carbocycles. The van der Waals surface area contributed by atoms with Crippen LogP contribution in [0.5, 0.6) is 0 Å². The highest BCUT2D eigenvalue weighted by Crippen LogP contribution is 2.16. The number of halogens is 1. The molecule has 0 saturated carbocycles. The van der Waals surface area contributed by atoms with Crippen molar-refractivity contribution >= 4 is 15.9 Å². The Morgan fingerprint density at radius 2 is 2.38 bits per heavy atom. The Kier molecular flexibility index (Phi) is 6.00. The summed E-state index contributed by atoms with van der Waals surface area (Å²) in [5, 5.41) is 1.12. The van der Waals surface area contributed by atoms with Gasteiger partial charge in [0.05, 0.1) is 6.61 Å². The molecule has 0 aliphatic carbocycles. The summed E-state index contributed by atoms with van der Waals surface area (Å²) in [6.45, 7) is 4.70. The third kappa shape index (κ3) is 4.43. The molecule has 1 aliphatic heterocycles. The molecule has 0 N–H and O–H groups in total. The molecule has 1 fully saturated rings. The summed E-state index contributed by atoms with van der Waals surface area (Å²) in [5.41, 5.74) is 0. The molecule has 0 aromatic heterocycles. The fourth-order valence-corrected chi connectivity index (χ4v) is 2.26. The average molecular weight is 250 g/mol. The van der Waals surface area contributed by atoms with Gasteiger partial charge in [0.15, 0.2) is 0 Å². The second-order valence-electron chi connectivity index (χ2n) is 3.81. The normalized spacial score (nSPS) is 24.9. The summed E-state index contributed by atoms with van der Waals surface area (Å²) in [6, 6.07) is 0. The minimum absolute atomic E-state index is 0.772. The summed E-state index contributed by atoms with van der Waals surface area (Å²) >= 11 is 3.47. The van der Waals surface area contributed by atoms with Crippen molar-refractivity contribution in [2.24, 2.45) is 5.92 Å². The third-order valence-corrected chi connectivity index (χ3v) is 3.17. The van der Waals surface area contributed by atoms with Crippen LogP contribution in [-0.4, -0.2) is 43.6 Å². The predicted molar refractivity (Wildman–Crippen MR) is 59.5 cm³/mol. The molecule has 0 amide bonds. The van der Waals surface area contributed by atoms with Crippen molar-refractivity contribution in [2.45, 2.75) is 19.3 Å². The van der Waals surface area contributed by atoms with E-state index in [4.69, 9.17) is 4.74 Å². The van der Waals surface area contributed by atoms with Crippen LogP contribution in [0, 0.1) is 5.92 Å². The molecule has 1 heterocycles. The molecular formula is C10H20BrNO. The van der Waals surface area contributed by atoms with E-state index in [1.54, 1.807) is 7.11 Å². The maximum atomic E-state index is 5.20. The number of hydrogen-bond acceptors (Lipinski definition) is 2. The first kappa shape index (κ1) is 11.5. The van der Waals surface area contributed by atoms with Crippen molar-refractivity contribution in [3.8, 4) is 0 Å². The lowest BCUT2D eigenvalue weighted by molar-refractivity contribution is 0.0909. The number of alkyl halides is 1. The van der Waals surface area contributed by atoms with Gasteiger partial charge in [-0.2, -0.15) is 0 Å². The van der Waals surface area contributed by atoms with Crippen molar-refractivity contribution in [2.75, 3.05) is 38.7 Å². The minimum atomic E-state index is 0.772. The van der Waals surface area contributed by atoms with Gasteiger partial charge in [0.1, 0.15) is 0 Å². The lowest BCUT2D eigenvalue weighted by atomic mass is 9.99. The fraction of sp³-hybridized carbons (Fsp3) is 1.00. The first-order valence-corrected chi connectivity index (χ1v) is 6.26. The SMILES string of the molecule is COCC1CCCN(CCCBr)C1. The van der Waals surface area contributed by atoms with Crippen LogP contribution in [0.2, 0.25) is 0 Å². The Balaban J connectivity index is 2.16. The Labute approximate surface area is 89.8 Å². The van der Waals surface area contributed by atoms with Crippen LogP contribution in [-0.2, 0) is 4.74 Å². The van der Waals surface area contributed by atoms with Crippen LogP contribution >= 0.6 is 15.9 Å². The zero-order valence-electron chi connectivity index (χ0n) is 8.47. The molecule has 3 heteroatoms. The monoisotopic (exact) mass is 249 g/mol. The smallest absolute Gasteiger partial charge is 0.0502 e. The molecule has 13 heavy (non-hydrogen) atoms. The zero-order valence-corrected chi connectivity index (χ0v) is 10.1. The first-order valence-electron chi connectivity index (χ1n) is 5.14. The first-order chi connectivity index (χ1) is 6.36. The quantitative estimate of drug-likeness (QED) is 0.693. The van der Waals surface area contributed by atoms with E-state index in [0.29, 0.717) is 0 Å². The van der Waals surface area contributed by atoms with E-state index in [1.807, 2.05) is 0 Å². The lowest BCUT2D eigenvalue weighted by Gasteiger charge is -2.32. The van der Waals surface area contributed by atoms with Gasteiger partial charge in [-0.3, -0.25) is 0 Å². The fourth-order valence-electron chi connectivity index (χ4n) is 2.01. The number of likely N-dealkylation sites (tertiary alicyclic amines) is 1. The van der Waals surface area contributed by atoms with Crippen LogP contribution in [0.3, 0.4) is 0 Å². The number of rotatable bonds is 5. The maximum absolute atomic E-state index is 5.20. The number of piperidine rings is 1. The summed E-state index contributed by atoms with van der Waals surface area (Å²) in [6.07, 6.45) is 3.95. The van der Waals surface area contributed by atoms with Crippen molar-refractivity contribution < 1.29 is 4.74 Å². The molecule has 1 atom stereocenters. The summed E-state index contributed by atoms with van der Waals surface area (Å²) in [5.74, 6) is 0.772. The topological polar surface area (TPSA) is 12.5 Å². The second-order valence-corrected chi connectivity index (χ2v) is 4.60. The van der Waals surface area contributed by atoms with Crippen LogP contribution in [0.1, 0.15) is 19.3 Å². The zero-order chi connectivity index (χ0) is 9.52. The van der Waals surface area contributed by atoms with Crippen molar-refractivity contribution in [1.82, 2.24) is 4.90 Å². The van der Waals surface area contributed by atoms with Crippen molar-refractivity contribution in [3.63, 3.8) is 0 Å². The number of methoxy groups -OCH3 is 1. The molecule has 1 aliphatic rings. The summed E-state index contributed by atoms with van der Waals surface area (Å²) in [7, 11) is 1.80. The van der Waals surface area contributed by atoms with Gasteiger partial charge in [-0.15, -0.1) is 0 Å². The van der Waals surface area contributed by atoms with Crippen molar-refractivity contribution in [3.05, 3.63) is 0 Å². The maximum Gasteiger partial charge on any atom is 0.0502 e. The standard InChI is InChI=1S/C10H20BrNO/c1-13-9-10-4-2-6-12(8-10)7-3-5-11/h10H,2-9H2,1H3. The van der Waals surface area contributed by atoms with E-state index in [2.05, 4.69) is 20.8 Å². The van der Waals surface area contributed by atoms with Gasteiger partial charge < -0.3 is 9.64 Å². The van der Waals surface area contributed by atoms with Gasteiger partial charge in [0.25, 0.3) is 0 Å². The number of ether oxygens (including phenoxy) is 1. The summed E-state index contributed by atoms with van der Waals surface area (Å²) < 4.78 is 5.20. The highest BCUT2D eigenvalue weighted by atomic mass is 79.9. The highest BCUT2D eigenvalue weighted by molar-refractivity contribution is 9.09. The van der Waals surface area contributed by atoms with Gasteiger partial charge >= 0.3 is 0 Å². The molecule has 1 rings (SSSR count). The summed E-state index contributed by atoms with van der Waals surface area (Å²) in [4.78, 5) is 2.56. The second kappa shape index (κ2) is 6.80. The van der Waals surface area contributed by atoms with E-state index in [-0.39, 0.29) is 0 Å². The van der Waals surface area contributed by atoms with Crippen LogP contribution < -0.4 is 0 Å². The molecule has 0 bridgehead atoms. The van der Waals surface area contributed by atoms with Crippen molar-refractivity contribution in [1.29, 1.82) is 0 Å². The molecule has 0 spiro atoms. The van der Waals surface area contributed by atoms with E-state index < -0.39 is 0 Å². The van der Waals surface area contributed by atoms with Gasteiger partial charge in [-0.1, -0.05) is 15.9 Å². The average Bonchev–Trinajstić information content (AvgIpc) is 2.16. The van der Waals surface area contributed by atoms with Crippen LogP contribution in [0.25, 0.3) is 0 Å². The molecule has 0 aromatic rings. The van der Waals surface area contributed by atoms with Crippen LogP contribution in [0.4, 0.5) is 0 Å². The Bertz CT molecular complexity index is 130. The van der Waals surface area contributed by atoms with Gasteiger partial charge in [-0.05, 0) is 38.3 Å². The molecule has 78 valence electrons. The van der Waals surface area contributed by atoms with E-state index in [0.717, 1.165) is 17.9 Å². The molecule has 2 nitrogen and oxygen atoms in total. The van der Waals surface area contributed by atoms with E-state index in [1.165, 1.54) is 38.9 Å².